The number of urea groups is 1. The highest BCUT2D eigenvalue weighted by Crippen LogP contribution is 2.19. The number of halogens is 1. The third-order valence-electron chi connectivity index (χ3n) is 1.84. The molecule has 1 aromatic carbocycles. The number of carbonyl (C=O) groups is 2. The van der Waals surface area contributed by atoms with Crippen molar-refractivity contribution in [3.05, 3.63) is 28.8 Å². The summed E-state index contributed by atoms with van der Waals surface area (Å²) in [6.45, 7) is 1.37. The molecule has 0 spiro atoms. The average Bonchev–Trinajstić information content (AvgIpc) is 2.19. The second-order valence-corrected chi connectivity index (χ2v) is 3.60. The normalized spacial score (nSPS) is 9.62. The first-order valence-electron chi connectivity index (χ1n) is 4.52. The van der Waals surface area contributed by atoms with Crippen LogP contribution in [0.4, 0.5) is 10.5 Å². The Hall–Kier alpha value is -1.75. The Bertz CT molecular complexity index is 421. The summed E-state index contributed by atoms with van der Waals surface area (Å²) >= 11 is 5.75. The smallest absolute Gasteiger partial charge is 0.323 e. The molecule has 0 bridgehead atoms. The number of hydrogen-bond acceptors (Lipinski definition) is 2. The van der Waals surface area contributed by atoms with Gasteiger partial charge in [0.25, 0.3) is 0 Å². The molecule has 0 saturated heterocycles. The van der Waals surface area contributed by atoms with Crippen LogP contribution < -0.4 is 10.6 Å². The maximum Gasteiger partial charge on any atom is 0.323 e. The molecule has 0 aromatic heterocycles. The summed E-state index contributed by atoms with van der Waals surface area (Å²) in [5.74, 6) is -1.09. The van der Waals surface area contributed by atoms with Crippen molar-refractivity contribution < 1.29 is 14.7 Å². The molecular formula is C10H11ClN2O3. The van der Waals surface area contributed by atoms with Crippen molar-refractivity contribution in [3.63, 3.8) is 0 Å². The zero-order valence-corrected chi connectivity index (χ0v) is 9.34. The molecule has 0 aliphatic heterocycles. The minimum absolute atomic E-state index is 0.418. The predicted octanol–water partition coefficient (Wildman–Crippen LogP) is 1.85. The van der Waals surface area contributed by atoms with Crippen LogP contribution in [-0.2, 0) is 4.79 Å². The van der Waals surface area contributed by atoms with Gasteiger partial charge in [0.2, 0.25) is 0 Å². The van der Waals surface area contributed by atoms with Crippen LogP contribution in [0.5, 0.6) is 0 Å². The lowest BCUT2D eigenvalue weighted by Crippen LogP contribution is -2.33. The molecule has 16 heavy (non-hydrogen) atoms. The third-order valence-corrected chi connectivity index (χ3v) is 2.07. The molecule has 0 fully saturated rings. The first-order chi connectivity index (χ1) is 7.49. The van der Waals surface area contributed by atoms with E-state index < -0.39 is 18.5 Å². The molecule has 0 saturated carbocycles. The Labute approximate surface area is 97.4 Å². The zero-order valence-electron chi connectivity index (χ0n) is 8.58. The quantitative estimate of drug-likeness (QED) is 0.757. The highest BCUT2D eigenvalue weighted by molar-refractivity contribution is 6.30. The Morgan fingerprint density at radius 2 is 2.12 bits per heavy atom. The number of carboxylic acid groups (broad SMARTS) is 1. The van der Waals surface area contributed by atoms with Crippen LogP contribution in [0.25, 0.3) is 0 Å². The van der Waals surface area contributed by atoms with E-state index in [1.807, 2.05) is 0 Å². The fourth-order valence-corrected chi connectivity index (χ4v) is 1.32. The Morgan fingerprint density at radius 3 is 2.69 bits per heavy atom. The number of nitrogens with one attached hydrogen (secondary N) is 2. The Kier molecular flexibility index (Phi) is 4.13. The minimum Gasteiger partial charge on any atom is -0.480 e. The molecule has 0 aliphatic carbocycles. The van der Waals surface area contributed by atoms with Crippen LogP contribution in [0.3, 0.4) is 0 Å². The van der Waals surface area contributed by atoms with Crippen LogP contribution in [0, 0.1) is 6.92 Å². The van der Waals surface area contributed by atoms with Crippen molar-refractivity contribution in [2.75, 3.05) is 11.9 Å². The van der Waals surface area contributed by atoms with Crippen LogP contribution in [0.15, 0.2) is 18.2 Å². The van der Waals surface area contributed by atoms with Gasteiger partial charge >= 0.3 is 12.0 Å². The van der Waals surface area contributed by atoms with E-state index in [1.54, 1.807) is 25.1 Å². The van der Waals surface area contributed by atoms with E-state index >= 15 is 0 Å². The summed E-state index contributed by atoms with van der Waals surface area (Å²) in [7, 11) is 0. The van der Waals surface area contributed by atoms with E-state index in [-0.39, 0.29) is 0 Å². The molecule has 5 nitrogen and oxygen atoms in total. The fourth-order valence-electron chi connectivity index (χ4n) is 1.09. The van der Waals surface area contributed by atoms with Gasteiger partial charge in [0.15, 0.2) is 0 Å². The van der Waals surface area contributed by atoms with Gasteiger partial charge in [-0.05, 0) is 30.7 Å². The SMILES string of the molecule is Cc1cc(Cl)ccc1NC(=O)NCC(=O)O. The first kappa shape index (κ1) is 12.3. The summed E-state index contributed by atoms with van der Waals surface area (Å²) in [6.07, 6.45) is 0. The van der Waals surface area contributed by atoms with E-state index in [0.29, 0.717) is 10.7 Å². The summed E-state index contributed by atoms with van der Waals surface area (Å²) in [4.78, 5) is 21.4. The van der Waals surface area contributed by atoms with Gasteiger partial charge < -0.3 is 15.7 Å². The van der Waals surface area contributed by atoms with Crippen molar-refractivity contribution in [2.45, 2.75) is 6.92 Å². The number of amides is 2. The molecule has 6 heteroatoms. The second-order valence-electron chi connectivity index (χ2n) is 3.16. The van der Waals surface area contributed by atoms with E-state index in [1.165, 1.54) is 0 Å². The standard InChI is InChI=1S/C10H11ClN2O3/c1-6-4-7(11)2-3-8(6)13-10(16)12-5-9(14)15/h2-4H,5H2,1H3,(H,14,15)(H2,12,13,16). The highest BCUT2D eigenvalue weighted by atomic mass is 35.5. The zero-order chi connectivity index (χ0) is 12.1. The summed E-state index contributed by atoms with van der Waals surface area (Å²) in [5, 5.41) is 13.6. The fraction of sp³-hybridized carbons (Fsp3) is 0.200. The monoisotopic (exact) mass is 242 g/mol. The number of carboxylic acids is 1. The third kappa shape index (κ3) is 3.78. The molecule has 86 valence electrons. The van der Waals surface area contributed by atoms with Gasteiger partial charge in [-0.25, -0.2) is 4.79 Å². The topological polar surface area (TPSA) is 78.4 Å². The Morgan fingerprint density at radius 1 is 1.44 bits per heavy atom. The van der Waals surface area contributed by atoms with Gasteiger partial charge in [0.05, 0.1) is 0 Å². The highest BCUT2D eigenvalue weighted by Gasteiger charge is 2.05. The summed E-state index contributed by atoms with van der Waals surface area (Å²) in [5.41, 5.74) is 1.39. The average molecular weight is 243 g/mol. The van der Waals surface area contributed by atoms with Gasteiger partial charge in [0, 0.05) is 10.7 Å². The van der Waals surface area contributed by atoms with Crippen LogP contribution >= 0.6 is 11.6 Å². The summed E-state index contributed by atoms with van der Waals surface area (Å²) in [6, 6.07) is 4.43. The lowest BCUT2D eigenvalue weighted by molar-refractivity contribution is -0.135. The maximum atomic E-state index is 11.2. The number of carbonyl (C=O) groups excluding carboxylic acids is 1. The minimum atomic E-state index is -1.09. The number of anilines is 1. The molecular weight excluding hydrogens is 232 g/mol. The molecule has 0 atom stereocenters. The molecule has 0 aliphatic rings. The Balaban J connectivity index is 2.59. The molecule has 0 radical (unpaired) electrons. The largest absolute Gasteiger partial charge is 0.480 e. The molecule has 2 amide bonds. The van der Waals surface area contributed by atoms with Crippen LogP contribution in [0.1, 0.15) is 5.56 Å². The first-order valence-corrected chi connectivity index (χ1v) is 4.89. The van der Waals surface area contributed by atoms with E-state index in [9.17, 15) is 9.59 Å². The van der Waals surface area contributed by atoms with Crippen LogP contribution in [-0.4, -0.2) is 23.7 Å². The number of aliphatic carboxylic acids is 1. The van der Waals surface area contributed by atoms with Crippen molar-refractivity contribution >= 4 is 29.3 Å². The van der Waals surface area contributed by atoms with Crippen LogP contribution in [0.2, 0.25) is 5.02 Å². The van der Waals surface area contributed by atoms with Gasteiger partial charge in [0.1, 0.15) is 6.54 Å². The molecule has 1 rings (SSSR count). The molecule has 3 N–H and O–H groups in total. The van der Waals surface area contributed by atoms with Crippen molar-refractivity contribution in [1.82, 2.24) is 5.32 Å². The summed E-state index contributed by atoms with van der Waals surface area (Å²) < 4.78 is 0. The van der Waals surface area contributed by atoms with Gasteiger partial charge in [-0.1, -0.05) is 11.6 Å². The maximum absolute atomic E-state index is 11.2. The second kappa shape index (κ2) is 5.37. The number of benzene rings is 1. The lowest BCUT2D eigenvalue weighted by atomic mass is 10.2. The number of rotatable bonds is 3. The molecule has 1 aromatic rings. The van der Waals surface area contributed by atoms with E-state index in [4.69, 9.17) is 16.7 Å². The van der Waals surface area contributed by atoms with Gasteiger partial charge in [-0.15, -0.1) is 0 Å². The molecule has 0 unspecified atom stereocenters. The molecule has 0 heterocycles. The van der Waals surface area contributed by atoms with Gasteiger partial charge in [-0.2, -0.15) is 0 Å². The van der Waals surface area contributed by atoms with Gasteiger partial charge in [-0.3, -0.25) is 4.79 Å². The van der Waals surface area contributed by atoms with E-state index in [0.717, 1.165) is 5.56 Å². The van der Waals surface area contributed by atoms with Crippen molar-refractivity contribution in [3.8, 4) is 0 Å². The lowest BCUT2D eigenvalue weighted by Gasteiger charge is -2.08. The van der Waals surface area contributed by atoms with Crippen molar-refractivity contribution in [2.24, 2.45) is 0 Å². The number of hydrogen-bond donors (Lipinski definition) is 3. The number of aryl methyl sites for hydroxylation is 1. The van der Waals surface area contributed by atoms with Crippen molar-refractivity contribution in [1.29, 1.82) is 0 Å². The van der Waals surface area contributed by atoms with E-state index in [2.05, 4.69) is 10.6 Å². The predicted molar refractivity (Wildman–Crippen MR) is 60.8 cm³/mol.